The second-order valence-corrected chi connectivity index (χ2v) is 10.7. The molecule has 0 N–H and O–H groups in total. The number of likely N-dealkylation sites (N-methyl/N-ethyl adjacent to an activating group) is 1. The maximum absolute atomic E-state index is 13.1. The molecule has 34 heavy (non-hydrogen) atoms. The summed E-state index contributed by atoms with van der Waals surface area (Å²) in [6.45, 7) is 3.12. The van der Waals surface area contributed by atoms with Crippen LogP contribution in [0.5, 0.6) is 0 Å². The van der Waals surface area contributed by atoms with E-state index in [0.29, 0.717) is 11.4 Å². The molecule has 1 saturated heterocycles. The van der Waals surface area contributed by atoms with Gasteiger partial charge in [-0.15, -0.1) is 12.4 Å². The van der Waals surface area contributed by atoms with Crippen molar-refractivity contribution in [1.29, 1.82) is 0 Å². The Hall–Kier alpha value is -2.13. The van der Waals surface area contributed by atoms with Crippen LogP contribution >= 0.6 is 12.4 Å². The molecule has 1 atom stereocenters. The van der Waals surface area contributed by atoms with E-state index in [-0.39, 0.29) is 30.5 Å². The van der Waals surface area contributed by atoms with Gasteiger partial charge in [-0.25, -0.2) is 17.5 Å². The number of ether oxygens (including phenoxy) is 1. The summed E-state index contributed by atoms with van der Waals surface area (Å²) in [7, 11) is 1.32. The van der Waals surface area contributed by atoms with Crippen molar-refractivity contribution in [2.75, 3.05) is 47.4 Å². The molecule has 0 aromatic heterocycles. The second-order valence-electron chi connectivity index (χ2n) is 8.65. The third-order valence-electron chi connectivity index (χ3n) is 6.56. The van der Waals surface area contributed by atoms with Crippen LogP contribution in [0.3, 0.4) is 0 Å². The smallest absolute Gasteiger partial charge is 0.409 e. The van der Waals surface area contributed by atoms with Crippen molar-refractivity contribution < 1.29 is 17.9 Å². The molecule has 1 aliphatic heterocycles. The quantitative estimate of drug-likeness (QED) is 0.509. The van der Waals surface area contributed by atoms with Gasteiger partial charge in [-0.05, 0) is 49.4 Å². The molecule has 7 nitrogen and oxygen atoms in total. The van der Waals surface area contributed by atoms with Crippen molar-refractivity contribution in [3.8, 4) is 0 Å². The van der Waals surface area contributed by atoms with Crippen molar-refractivity contribution >= 4 is 28.5 Å². The number of hydrogen-bond donors (Lipinski definition) is 0. The highest BCUT2D eigenvalue weighted by Crippen LogP contribution is 2.25. The van der Waals surface area contributed by atoms with Gasteiger partial charge in [-0.1, -0.05) is 48.5 Å². The predicted octanol–water partition coefficient (Wildman–Crippen LogP) is 4.07. The maximum Gasteiger partial charge on any atom is 0.409 e. The van der Waals surface area contributed by atoms with E-state index in [2.05, 4.69) is 17.0 Å². The number of halogens is 1. The first-order valence-corrected chi connectivity index (χ1v) is 12.9. The molecule has 0 spiro atoms. The number of hydrogen-bond acceptors (Lipinski definition) is 5. The average molecular weight is 510 g/mol. The number of benzene rings is 2. The minimum atomic E-state index is -3.54. The van der Waals surface area contributed by atoms with Gasteiger partial charge in [0.15, 0.2) is 0 Å². The number of amides is 1. The lowest BCUT2D eigenvalue weighted by molar-refractivity contribution is 0.0904. The summed E-state index contributed by atoms with van der Waals surface area (Å²) < 4.78 is 32.4. The number of carbonyl (C=O) groups is 1. The van der Waals surface area contributed by atoms with Crippen LogP contribution in [0.4, 0.5) is 4.79 Å². The molecule has 2 aromatic rings. The number of nitrogens with zero attached hydrogens (tertiary/aromatic N) is 3. The van der Waals surface area contributed by atoms with Gasteiger partial charge < -0.3 is 14.5 Å². The van der Waals surface area contributed by atoms with E-state index in [1.807, 2.05) is 24.3 Å². The van der Waals surface area contributed by atoms with Crippen LogP contribution in [-0.4, -0.2) is 82.0 Å². The Morgan fingerprint density at radius 3 is 2.15 bits per heavy atom. The Morgan fingerprint density at radius 2 is 1.59 bits per heavy atom. The molecular formula is C25H36ClN3O4S. The van der Waals surface area contributed by atoms with E-state index < -0.39 is 10.0 Å². The molecule has 1 aliphatic rings. The molecule has 0 aliphatic carbocycles. The van der Waals surface area contributed by atoms with Gasteiger partial charge in [0.1, 0.15) is 0 Å². The summed E-state index contributed by atoms with van der Waals surface area (Å²) in [5.74, 6) is 0.0881. The van der Waals surface area contributed by atoms with Crippen molar-refractivity contribution in [1.82, 2.24) is 14.1 Å². The van der Waals surface area contributed by atoms with E-state index in [0.717, 1.165) is 44.5 Å². The van der Waals surface area contributed by atoms with E-state index in [9.17, 15) is 13.2 Å². The van der Waals surface area contributed by atoms with Gasteiger partial charge in [-0.3, -0.25) is 0 Å². The van der Waals surface area contributed by atoms with Crippen LogP contribution in [0, 0.1) is 0 Å². The average Bonchev–Trinajstić information content (AvgIpc) is 2.86. The SMILES string of the molecule is COC(=O)N(C)C1CCN(CCC(CN(C)S(=O)(=O)c2ccccc2)c2ccccc2)CC1.Cl. The van der Waals surface area contributed by atoms with Gasteiger partial charge >= 0.3 is 6.09 Å². The number of piperidine rings is 1. The summed E-state index contributed by atoms with van der Waals surface area (Å²) in [5.41, 5.74) is 1.15. The molecule has 2 aromatic carbocycles. The van der Waals surface area contributed by atoms with E-state index in [4.69, 9.17) is 4.74 Å². The zero-order valence-electron chi connectivity index (χ0n) is 20.2. The monoisotopic (exact) mass is 509 g/mol. The molecule has 188 valence electrons. The molecular weight excluding hydrogens is 474 g/mol. The molecule has 1 fully saturated rings. The molecule has 9 heteroatoms. The first kappa shape index (κ1) is 28.1. The van der Waals surface area contributed by atoms with Crippen LogP contribution in [0.15, 0.2) is 65.6 Å². The number of carbonyl (C=O) groups excluding carboxylic acids is 1. The number of rotatable bonds is 9. The Labute approximate surface area is 210 Å². The summed E-state index contributed by atoms with van der Waals surface area (Å²) >= 11 is 0. The number of likely N-dealkylation sites (tertiary alicyclic amines) is 1. The van der Waals surface area contributed by atoms with E-state index >= 15 is 0 Å². The molecule has 1 amide bonds. The van der Waals surface area contributed by atoms with Crippen LogP contribution in [0.25, 0.3) is 0 Å². The Balaban J connectivity index is 0.00000408. The first-order valence-electron chi connectivity index (χ1n) is 11.4. The molecule has 0 radical (unpaired) electrons. The zero-order valence-corrected chi connectivity index (χ0v) is 21.8. The highest BCUT2D eigenvalue weighted by molar-refractivity contribution is 7.89. The lowest BCUT2D eigenvalue weighted by Crippen LogP contribution is -2.46. The van der Waals surface area contributed by atoms with Crippen molar-refractivity contribution in [2.24, 2.45) is 0 Å². The third-order valence-corrected chi connectivity index (χ3v) is 8.40. The summed E-state index contributed by atoms with van der Waals surface area (Å²) in [4.78, 5) is 16.2. The van der Waals surface area contributed by atoms with Gasteiger partial charge in [0.2, 0.25) is 10.0 Å². The van der Waals surface area contributed by atoms with Gasteiger partial charge in [-0.2, -0.15) is 0 Å². The zero-order chi connectivity index (χ0) is 23.8. The lowest BCUT2D eigenvalue weighted by Gasteiger charge is -2.36. The normalized spacial score (nSPS) is 16.0. The van der Waals surface area contributed by atoms with Gasteiger partial charge in [0.25, 0.3) is 0 Å². The van der Waals surface area contributed by atoms with Crippen LogP contribution in [-0.2, 0) is 14.8 Å². The molecule has 3 rings (SSSR count). The Morgan fingerprint density at radius 1 is 1.03 bits per heavy atom. The lowest BCUT2D eigenvalue weighted by atomic mass is 9.94. The Bertz CT molecular complexity index is 984. The number of methoxy groups -OCH3 is 1. The molecule has 0 bridgehead atoms. The fraction of sp³-hybridized carbons (Fsp3) is 0.480. The van der Waals surface area contributed by atoms with Crippen molar-refractivity contribution in [3.05, 3.63) is 66.2 Å². The van der Waals surface area contributed by atoms with Gasteiger partial charge in [0, 0.05) is 39.8 Å². The highest BCUT2D eigenvalue weighted by Gasteiger charge is 2.28. The Kier molecular flexibility index (Phi) is 10.8. The van der Waals surface area contributed by atoms with E-state index in [1.54, 1.807) is 43.3 Å². The predicted molar refractivity (Wildman–Crippen MR) is 137 cm³/mol. The molecule has 1 unspecified atom stereocenters. The fourth-order valence-corrected chi connectivity index (χ4v) is 5.67. The third kappa shape index (κ3) is 7.18. The van der Waals surface area contributed by atoms with Crippen molar-refractivity contribution in [2.45, 2.75) is 36.1 Å². The van der Waals surface area contributed by atoms with Gasteiger partial charge in [0.05, 0.1) is 12.0 Å². The fourth-order valence-electron chi connectivity index (χ4n) is 4.43. The van der Waals surface area contributed by atoms with E-state index in [1.165, 1.54) is 11.4 Å². The van der Waals surface area contributed by atoms with Crippen LogP contribution < -0.4 is 0 Å². The summed E-state index contributed by atoms with van der Waals surface area (Å²) in [6, 6.07) is 18.9. The maximum atomic E-state index is 13.1. The van der Waals surface area contributed by atoms with Crippen LogP contribution in [0.1, 0.15) is 30.7 Å². The van der Waals surface area contributed by atoms with Crippen LogP contribution in [0.2, 0.25) is 0 Å². The largest absolute Gasteiger partial charge is 0.453 e. The topological polar surface area (TPSA) is 70.2 Å². The van der Waals surface area contributed by atoms with Crippen molar-refractivity contribution in [3.63, 3.8) is 0 Å². The molecule has 0 saturated carbocycles. The summed E-state index contributed by atoms with van der Waals surface area (Å²) in [5, 5.41) is 0. The summed E-state index contributed by atoms with van der Waals surface area (Å²) in [6.07, 6.45) is 2.38. The highest BCUT2D eigenvalue weighted by atomic mass is 35.5. The first-order chi connectivity index (χ1) is 15.8. The minimum Gasteiger partial charge on any atom is -0.453 e. The molecule has 1 heterocycles. The second kappa shape index (κ2) is 13.1. The standard InChI is InChI=1S/C25H35N3O4S.ClH/c1-26(33(30,31)24-12-8-5-9-13-24)20-22(21-10-6-4-7-11-21)14-17-28-18-15-23(16-19-28)27(2)25(29)32-3;/h4-13,22-23H,14-20H2,1-3H3;1H. The minimum absolute atomic E-state index is 0. The number of sulfonamides is 1.